The molecular formula is C25H26N2O. The molecule has 1 heterocycles. The Morgan fingerprint density at radius 2 is 1.64 bits per heavy atom. The second-order valence-corrected chi connectivity index (χ2v) is 7.29. The van der Waals surface area contributed by atoms with Crippen molar-refractivity contribution in [2.75, 3.05) is 14.1 Å². The lowest BCUT2D eigenvalue weighted by molar-refractivity contribution is 0.343. The van der Waals surface area contributed by atoms with Crippen molar-refractivity contribution in [1.29, 1.82) is 0 Å². The highest BCUT2D eigenvalue weighted by atomic mass is 16.5. The number of nitrogens with zero attached hydrogens (tertiary/aromatic N) is 1. The van der Waals surface area contributed by atoms with Gasteiger partial charge in [-0.2, -0.15) is 0 Å². The molecule has 3 heteroatoms. The molecule has 0 aliphatic rings. The number of aryl methyl sites for hydroxylation is 1. The lowest BCUT2D eigenvalue weighted by Crippen LogP contribution is -2.20. The zero-order valence-electron chi connectivity index (χ0n) is 16.6. The summed E-state index contributed by atoms with van der Waals surface area (Å²) in [5.74, 6) is 1.70. The predicted molar refractivity (Wildman–Crippen MR) is 116 cm³/mol. The van der Waals surface area contributed by atoms with Crippen molar-refractivity contribution in [3.8, 4) is 11.5 Å². The van der Waals surface area contributed by atoms with E-state index in [4.69, 9.17) is 4.74 Å². The Kier molecular flexibility index (Phi) is 5.18. The summed E-state index contributed by atoms with van der Waals surface area (Å²) in [7, 11) is 4.25. The number of hydrogen-bond acceptors (Lipinski definition) is 2. The first-order valence-electron chi connectivity index (χ1n) is 9.75. The fourth-order valence-corrected chi connectivity index (χ4v) is 3.89. The Labute approximate surface area is 166 Å². The van der Waals surface area contributed by atoms with E-state index in [-0.39, 0.29) is 6.04 Å². The van der Waals surface area contributed by atoms with Gasteiger partial charge in [0.1, 0.15) is 11.5 Å². The molecule has 1 aromatic heterocycles. The summed E-state index contributed by atoms with van der Waals surface area (Å²) >= 11 is 0. The number of para-hydroxylation sites is 2. The van der Waals surface area contributed by atoms with Gasteiger partial charge in [-0.05, 0) is 61.5 Å². The van der Waals surface area contributed by atoms with Gasteiger partial charge in [0.2, 0.25) is 0 Å². The van der Waals surface area contributed by atoms with Crippen molar-refractivity contribution in [3.05, 3.63) is 95.7 Å². The fraction of sp³-hybridized carbons (Fsp3) is 0.200. The molecule has 0 amide bonds. The van der Waals surface area contributed by atoms with Crippen molar-refractivity contribution in [1.82, 2.24) is 9.88 Å². The fourth-order valence-electron chi connectivity index (χ4n) is 3.89. The normalized spacial score (nSPS) is 12.4. The van der Waals surface area contributed by atoms with Gasteiger partial charge in [0.05, 0.1) is 6.04 Å². The van der Waals surface area contributed by atoms with Gasteiger partial charge >= 0.3 is 0 Å². The highest BCUT2D eigenvalue weighted by Crippen LogP contribution is 2.35. The third-order valence-corrected chi connectivity index (χ3v) is 5.18. The molecule has 1 unspecified atom stereocenters. The Bertz CT molecular complexity index is 1070. The van der Waals surface area contributed by atoms with E-state index >= 15 is 0 Å². The average Bonchev–Trinajstić information content (AvgIpc) is 3.13. The van der Waals surface area contributed by atoms with Crippen LogP contribution in [0.3, 0.4) is 0 Å². The van der Waals surface area contributed by atoms with E-state index in [9.17, 15) is 0 Å². The topological polar surface area (TPSA) is 28.3 Å². The van der Waals surface area contributed by atoms with Gasteiger partial charge in [-0.25, -0.2) is 0 Å². The molecule has 28 heavy (non-hydrogen) atoms. The molecule has 142 valence electrons. The summed E-state index contributed by atoms with van der Waals surface area (Å²) in [5.41, 5.74) is 5.08. The van der Waals surface area contributed by atoms with Crippen LogP contribution in [0.25, 0.3) is 10.9 Å². The summed E-state index contributed by atoms with van der Waals surface area (Å²) < 4.78 is 6.06. The Morgan fingerprint density at radius 3 is 2.39 bits per heavy atom. The van der Waals surface area contributed by atoms with E-state index in [0.29, 0.717) is 0 Å². The van der Waals surface area contributed by atoms with Crippen LogP contribution < -0.4 is 4.74 Å². The second kappa shape index (κ2) is 7.91. The van der Waals surface area contributed by atoms with Crippen molar-refractivity contribution in [2.45, 2.75) is 19.4 Å². The molecule has 1 atom stereocenters. The first-order chi connectivity index (χ1) is 13.7. The summed E-state index contributed by atoms with van der Waals surface area (Å²) in [6, 6.07) is 25.0. The maximum atomic E-state index is 6.06. The summed E-state index contributed by atoms with van der Waals surface area (Å²) in [4.78, 5) is 5.76. The number of nitrogens with one attached hydrogen (secondary N) is 1. The molecule has 0 aliphatic carbocycles. The van der Waals surface area contributed by atoms with Crippen molar-refractivity contribution < 1.29 is 4.74 Å². The largest absolute Gasteiger partial charge is 0.457 e. The highest BCUT2D eigenvalue weighted by molar-refractivity contribution is 5.87. The molecule has 3 aromatic carbocycles. The highest BCUT2D eigenvalue weighted by Gasteiger charge is 2.21. The van der Waals surface area contributed by atoms with Gasteiger partial charge in [0, 0.05) is 17.1 Å². The molecule has 0 bridgehead atoms. The number of ether oxygens (including phenoxy) is 1. The molecule has 0 saturated heterocycles. The van der Waals surface area contributed by atoms with Gasteiger partial charge in [-0.3, -0.25) is 4.90 Å². The first-order valence-corrected chi connectivity index (χ1v) is 9.75. The summed E-state index contributed by atoms with van der Waals surface area (Å²) in [6.07, 6.45) is 3.17. The van der Waals surface area contributed by atoms with Crippen LogP contribution in [0.4, 0.5) is 0 Å². The molecule has 4 rings (SSSR count). The van der Waals surface area contributed by atoms with Crippen LogP contribution in [0.2, 0.25) is 0 Å². The SMILES string of the molecule is CCc1cccc2c(C(c3cccc(Oc4ccccc4)c3)N(C)C)c[nH]c12. The van der Waals surface area contributed by atoms with E-state index in [1.165, 1.54) is 27.6 Å². The molecule has 0 spiro atoms. The number of hydrogen-bond donors (Lipinski definition) is 1. The number of aromatic amines is 1. The predicted octanol–water partition coefficient (Wildman–Crippen LogP) is 6.17. The maximum Gasteiger partial charge on any atom is 0.127 e. The van der Waals surface area contributed by atoms with E-state index in [2.05, 4.69) is 73.5 Å². The van der Waals surface area contributed by atoms with Gasteiger partial charge in [-0.1, -0.05) is 55.5 Å². The van der Waals surface area contributed by atoms with Crippen LogP contribution in [0.5, 0.6) is 11.5 Å². The minimum absolute atomic E-state index is 0.139. The van der Waals surface area contributed by atoms with Crippen LogP contribution >= 0.6 is 0 Å². The van der Waals surface area contributed by atoms with Crippen molar-refractivity contribution in [2.24, 2.45) is 0 Å². The van der Waals surface area contributed by atoms with Crippen molar-refractivity contribution >= 4 is 10.9 Å². The molecule has 3 nitrogen and oxygen atoms in total. The monoisotopic (exact) mass is 370 g/mol. The summed E-state index contributed by atoms with van der Waals surface area (Å²) in [6.45, 7) is 2.20. The lowest BCUT2D eigenvalue weighted by Gasteiger charge is -2.25. The zero-order valence-corrected chi connectivity index (χ0v) is 16.6. The number of aromatic nitrogens is 1. The van der Waals surface area contributed by atoms with Gasteiger partial charge < -0.3 is 9.72 Å². The molecule has 0 fully saturated rings. The van der Waals surface area contributed by atoms with Gasteiger partial charge in [0.25, 0.3) is 0 Å². The molecular weight excluding hydrogens is 344 g/mol. The minimum atomic E-state index is 0.139. The summed E-state index contributed by atoms with van der Waals surface area (Å²) in [5, 5.41) is 1.28. The molecule has 4 aromatic rings. The van der Waals surface area contributed by atoms with Crippen LogP contribution in [-0.4, -0.2) is 24.0 Å². The number of H-pyrrole nitrogens is 1. The molecule has 0 saturated carbocycles. The molecule has 0 radical (unpaired) electrons. The maximum absolute atomic E-state index is 6.06. The third-order valence-electron chi connectivity index (χ3n) is 5.18. The smallest absolute Gasteiger partial charge is 0.127 e. The number of rotatable bonds is 6. The van der Waals surface area contributed by atoms with E-state index in [0.717, 1.165) is 17.9 Å². The third kappa shape index (κ3) is 3.54. The van der Waals surface area contributed by atoms with Crippen LogP contribution in [0.1, 0.15) is 29.7 Å². The van der Waals surface area contributed by atoms with E-state index in [1.807, 2.05) is 36.4 Å². The number of benzene rings is 3. The average molecular weight is 370 g/mol. The van der Waals surface area contributed by atoms with Crippen LogP contribution in [0.15, 0.2) is 79.0 Å². The van der Waals surface area contributed by atoms with Gasteiger partial charge in [0.15, 0.2) is 0 Å². The van der Waals surface area contributed by atoms with Crippen LogP contribution in [-0.2, 0) is 6.42 Å². The first kappa shape index (κ1) is 18.3. The second-order valence-electron chi connectivity index (χ2n) is 7.29. The minimum Gasteiger partial charge on any atom is -0.457 e. The number of fused-ring (bicyclic) bond motifs is 1. The van der Waals surface area contributed by atoms with Gasteiger partial charge in [-0.15, -0.1) is 0 Å². The van der Waals surface area contributed by atoms with E-state index < -0.39 is 0 Å². The Hall–Kier alpha value is -3.04. The standard InChI is InChI=1S/C25H26N2O/c1-4-18-10-9-15-22-23(17-26-24(18)22)25(27(2)3)19-11-8-14-21(16-19)28-20-12-6-5-7-13-20/h5-17,25-26H,4H2,1-3H3. The lowest BCUT2D eigenvalue weighted by atomic mass is 9.96. The Morgan fingerprint density at radius 1 is 0.893 bits per heavy atom. The Balaban J connectivity index is 1.74. The quantitative estimate of drug-likeness (QED) is 0.439. The van der Waals surface area contributed by atoms with Crippen molar-refractivity contribution in [3.63, 3.8) is 0 Å². The van der Waals surface area contributed by atoms with E-state index in [1.54, 1.807) is 0 Å². The van der Waals surface area contributed by atoms with Crippen LogP contribution in [0, 0.1) is 0 Å². The molecule has 1 N–H and O–H groups in total. The molecule has 0 aliphatic heterocycles. The zero-order chi connectivity index (χ0) is 19.5.